The normalized spacial score (nSPS) is 25.9. The van der Waals surface area contributed by atoms with Crippen LogP contribution in [-0.2, 0) is 4.79 Å². The number of carbonyl (C=O) groups is 1. The van der Waals surface area contributed by atoms with Gasteiger partial charge in [0.05, 0.1) is 6.04 Å². The number of aromatic nitrogens is 2. The van der Waals surface area contributed by atoms with Crippen molar-refractivity contribution in [1.82, 2.24) is 14.7 Å². The molecule has 0 aliphatic carbocycles. The minimum absolute atomic E-state index is 0.0237. The molecule has 1 saturated heterocycles. The number of amides is 1. The number of aliphatic hydroxyl groups is 1. The van der Waals surface area contributed by atoms with Gasteiger partial charge in [0.25, 0.3) is 5.91 Å². The predicted molar refractivity (Wildman–Crippen MR) is 96.8 cm³/mol. The largest absolute Gasteiger partial charge is 0.426 e. The third-order valence-corrected chi connectivity index (χ3v) is 5.70. The monoisotopic (exact) mass is 425 g/mol. The molecule has 166 valence electrons. The average molecular weight is 425 g/mol. The van der Waals surface area contributed by atoms with Gasteiger partial charge in [-0.3, -0.25) is 9.48 Å². The van der Waals surface area contributed by atoms with E-state index in [4.69, 9.17) is 0 Å². The quantitative estimate of drug-likeness (QED) is 0.706. The molecule has 1 aromatic rings. The molecule has 0 radical (unpaired) electrons. The van der Waals surface area contributed by atoms with Crippen molar-refractivity contribution in [3.63, 3.8) is 0 Å². The van der Waals surface area contributed by atoms with Crippen LogP contribution >= 0.6 is 0 Å². The van der Waals surface area contributed by atoms with Gasteiger partial charge in [0.2, 0.25) is 5.60 Å². The minimum atomic E-state index is -5.07. The maximum Gasteiger partial charge on any atom is 0.426 e. The average Bonchev–Trinajstić information content (AvgIpc) is 3.07. The van der Waals surface area contributed by atoms with Gasteiger partial charge in [0.1, 0.15) is 12.3 Å². The first kappa shape index (κ1) is 23.6. The second kappa shape index (κ2) is 8.57. The first-order valence-electron chi connectivity index (χ1n) is 9.67. The van der Waals surface area contributed by atoms with E-state index >= 15 is 0 Å². The van der Waals surface area contributed by atoms with Crippen LogP contribution in [-0.4, -0.2) is 62.9 Å². The molecule has 1 aliphatic rings. The summed E-state index contributed by atoms with van der Waals surface area (Å²) in [5.74, 6) is -1.77. The minimum Gasteiger partial charge on any atom is -0.373 e. The van der Waals surface area contributed by atoms with Crippen LogP contribution in [0.2, 0.25) is 0 Å². The summed E-state index contributed by atoms with van der Waals surface area (Å²) in [7, 11) is 0. The highest BCUT2D eigenvalue weighted by molar-refractivity contribution is 5.85. The summed E-state index contributed by atoms with van der Waals surface area (Å²) in [4.78, 5) is 13.2. The Morgan fingerprint density at radius 2 is 1.97 bits per heavy atom. The molecule has 1 aliphatic heterocycles. The molecule has 0 aromatic carbocycles. The molecule has 10 heteroatoms. The molecule has 0 bridgehead atoms. The lowest BCUT2D eigenvalue weighted by atomic mass is 9.83. The zero-order valence-electron chi connectivity index (χ0n) is 17.0. The highest BCUT2D eigenvalue weighted by Crippen LogP contribution is 2.37. The van der Waals surface area contributed by atoms with E-state index in [0.717, 1.165) is 4.90 Å². The molecule has 1 amide bonds. The Bertz CT molecular complexity index is 704. The van der Waals surface area contributed by atoms with Crippen molar-refractivity contribution in [1.29, 1.82) is 0 Å². The number of halogens is 5. The number of alkyl halides is 5. The second-order valence-electron chi connectivity index (χ2n) is 8.17. The standard InChI is InChI=1S/C19H28F5N3O2/c1-11-10-26(17(28)18(4,29)19(22,23)24)8-6-14(11)16-5-7-25-27(16)13(3)15(21)9-12(2)20/h5,7,11-15,29H,6,8-10H2,1-4H3. The Morgan fingerprint density at radius 1 is 1.34 bits per heavy atom. The van der Waals surface area contributed by atoms with E-state index in [9.17, 15) is 31.9 Å². The molecular weight excluding hydrogens is 397 g/mol. The van der Waals surface area contributed by atoms with Crippen LogP contribution in [0.15, 0.2) is 12.3 Å². The molecule has 6 atom stereocenters. The summed E-state index contributed by atoms with van der Waals surface area (Å²) >= 11 is 0. The van der Waals surface area contributed by atoms with E-state index in [1.54, 1.807) is 19.9 Å². The SMILES string of the molecule is CC(F)CC(F)C(C)n1nccc1C1CCN(C(=O)C(C)(O)C(F)(F)F)CC1C. The number of likely N-dealkylation sites (tertiary alicyclic amines) is 1. The van der Waals surface area contributed by atoms with Crippen molar-refractivity contribution in [2.75, 3.05) is 13.1 Å². The topological polar surface area (TPSA) is 58.4 Å². The third-order valence-electron chi connectivity index (χ3n) is 5.70. The molecule has 1 N–H and O–H groups in total. The lowest BCUT2D eigenvalue weighted by Gasteiger charge is -2.40. The van der Waals surface area contributed by atoms with Gasteiger partial charge >= 0.3 is 6.18 Å². The summed E-state index contributed by atoms with van der Waals surface area (Å²) in [6, 6.07) is 1.02. The molecule has 2 heterocycles. The fraction of sp³-hybridized carbons (Fsp3) is 0.789. The van der Waals surface area contributed by atoms with Crippen LogP contribution in [0.25, 0.3) is 0 Å². The van der Waals surface area contributed by atoms with Crippen molar-refractivity contribution in [2.24, 2.45) is 5.92 Å². The Kier molecular flexibility index (Phi) is 6.97. The number of hydrogen-bond donors (Lipinski definition) is 1. The van der Waals surface area contributed by atoms with E-state index in [0.29, 0.717) is 19.0 Å². The van der Waals surface area contributed by atoms with E-state index in [1.165, 1.54) is 17.8 Å². The first-order valence-corrected chi connectivity index (χ1v) is 9.67. The zero-order chi connectivity index (χ0) is 22.1. The van der Waals surface area contributed by atoms with E-state index in [-0.39, 0.29) is 31.3 Å². The summed E-state index contributed by atoms with van der Waals surface area (Å²) in [5, 5.41) is 13.8. The van der Waals surface area contributed by atoms with Gasteiger partial charge in [0.15, 0.2) is 0 Å². The van der Waals surface area contributed by atoms with Gasteiger partial charge in [-0.25, -0.2) is 8.78 Å². The fourth-order valence-corrected chi connectivity index (χ4v) is 3.82. The molecule has 6 unspecified atom stereocenters. The Morgan fingerprint density at radius 3 is 2.48 bits per heavy atom. The summed E-state index contributed by atoms with van der Waals surface area (Å²) in [5.41, 5.74) is -2.74. The van der Waals surface area contributed by atoms with Gasteiger partial charge in [-0.15, -0.1) is 0 Å². The molecule has 0 saturated carbocycles. The van der Waals surface area contributed by atoms with Crippen LogP contribution in [0.1, 0.15) is 58.2 Å². The number of rotatable bonds is 6. The molecule has 1 fully saturated rings. The predicted octanol–water partition coefficient (Wildman–Crippen LogP) is 3.80. The van der Waals surface area contributed by atoms with Crippen LogP contribution in [0.5, 0.6) is 0 Å². The maximum atomic E-state index is 14.4. The van der Waals surface area contributed by atoms with Crippen molar-refractivity contribution in [2.45, 2.75) is 76.6 Å². The summed E-state index contributed by atoms with van der Waals surface area (Å²) in [6.07, 6.45) is -6.20. The highest BCUT2D eigenvalue weighted by Gasteiger charge is 2.57. The van der Waals surface area contributed by atoms with Crippen molar-refractivity contribution in [3.8, 4) is 0 Å². The van der Waals surface area contributed by atoms with Gasteiger partial charge in [-0.05, 0) is 39.2 Å². The Balaban J connectivity index is 2.14. The zero-order valence-corrected chi connectivity index (χ0v) is 17.0. The molecule has 2 rings (SSSR count). The van der Waals surface area contributed by atoms with Crippen molar-refractivity contribution >= 4 is 5.91 Å². The van der Waals surface area contributed by atoms with Gasteiger partial charge in [-0.1, -0.05) is 6.92 Å². The lowest BCUT2D eigenvalue weighted by Crippen LogP contribution is -2.58. The number of piperidine rings is 1. The molecular formula is C19H28F5N3O2. The number of nitrogens with zero attached hydrogens (tertiary/aromatic N) is 3. The van der Waals surface area contributed by atoms with Crippen molar-refractivity contribution in [3.05, 3.63) is 18.0 Å². The van der Waals surface area contributed by atoms with Crippen molar-refractivity contribution < 1.29 is 31.9 Å². The van der Waals surface area contributed by atoms with E-state index in [2.05, 4.69) is 5.10 Å². The Hall–Kier alpha value is -1.71. The smallest absolute Gasteiger partial charge is 0.373 e. The molecule has 1 aromatic heterocycles. The van der Waals surface area contributed by atoms with Gasteiger partial charge < -0.3 is 10.0 Å². The molecule has 29 heavy (non-hydrogen) atoms. The molecule has 5 nitrogen and oxygen atoms in total. The van der Waals surface area contributed by atoms with Gasteiger partial charge in [-0.2, -0.15) is 18.3 Å². The van der Waals surface area contributed by atoms with Crippen LogP contribution in [0.4, 0.5) is 22.0 Å². The van der Waals surface area contributed by atoms with E-state index in [1.807, 2.05) is 0 Å². The molecule has 0 spiro atoms. The van der Waals surface area contributed by atoms with Crippen LogP contribution < -0.4 is 0 Å². The number of carbonyl (C=O) groups excluding carboxylic acids is 1. The fourth-order valence-electron chi connectivity index (χ4n) is 3.82. The highest BCUT2D eigenvalue weighted by atomic mass is 19.4. The van der Waals surface area contributed by atoms with E-state index < -0.39 is 36.1 Å². The third kappa shape index (κ3) is 4.90. The lowest BCUT2D eigenvalue weighted by molar-refractivity contribution is -0.250. The number of hydrogen-bond acceptors (Lipinski definition) is 3. The van der Waals surface area contributed by atoms with Crippen LogP contribution in [0.3, 0.4) is 0 Å². The van der Waals surface area contributed by atoms with Gasteiger partial charge in [0, 0.05) is 37.3 Å². The van der Waals surface area contributed by atoms with Crippen LogP contribution in [0, 0.1) is 5.92 Å². The second-order valence-corrected chi connectivity index (χ2v) is 8.17. The Labute approximate surface area is 166 Å². The summed E-state index contributed by atoms with van der Waals surface area (Å²) in [6.45, 7) is 5.18. The first-order chi connectivity index (χ1) is 13.3. The maximum absolute atomic E-state index is 14.4. The summed E-state index contributed by atoms with van der Waals surface area (Å²) < 4.78 is 68.0.